The van der Waals surface area contributed by atoms with Crippen LogP contribution in [0.4, 0.5) is 0 Å². The van der Waals surface area contributed by atoms with Gasteiger partial charge in [-0.2, -0.15) is 0 Å². The second-order valence-corrected chi connectivity index (χ2v) is 9.16. The number of carboxylic acids is 2. The van der Waals surface area contributed by atoms with Crippen molar-refractivity contribution in [1.29, 1.82) is 0 Å². The Bertz CT molecular complexity index is 1140. The molecule has 3 amide bonds. The molecule has 1 heterocycles. The zero-order valence-electron chi connectivity index (χ0n) is 21.7. The van der Waals surface area contributed by atoms with Crippen LogP contribution in [0, 0.1) is 0 Å². The minimum Gasteiger partial charge on any atom is -0.508 e. The molecular weight excluding hydrogens is 526 g/mol. The van der Waals surface area contributed by atoms with Crippen LogP contribution in [0.1, 0.15) is 36.9 Å². The Labute approximate surface area is 229 Å². The Morgan fingerprint density at radius 3 is 2.08 bits per heavy atom. The van der Waals surface area contributed by atoms with E-state index in [-0.39, 0.29) is 25.0 Å². The number of nitrogens with zero attached hydrogens (tertiary/aromatic N) is 1. The molecule has 0 radical (unpaired) electrons. The predicted octanol–water partition coefficient (Wildman–Crippen LogP) is -1.63. The number of phenolic OH excluding ortho intramolecular Hbond substituents is 1. The number of aliphatic carboxylic acids is 2. The molecule has 0 bridgehead atoms. The maximum Gasteiger partial charge on any atom is 0.326 e. The molecule has 4 unspecified atom stereocenters. The summed E-state index contributed by atoms with van der Waals surface area (Å²) in [6, 6.07) is 0.399. The van der Waals surface area contributed by atoms with Crippen LogP contribution in [0.3, 0.4) is 0 Å². The summed E-state index contributed by atoms with van der Waals surface area (Å²) < 4.78 is 0. The molecular formula is C25H35N7O8. The average molecular weight is 562 g/mol. The Kier molecular flexibility index (Phi) is 12.5. The first-order valence-corrected chi connectivity index (χ1v) is 12.6. The number of aromatic hydroxyl groups is 1. The van der Waals surface area contributed by atoms with Gasteiger partial charge in [0.15, 0.2) is 0 Å². The van der Waals surface area contributed by atoms with Crippen molar-refractivity contribution in [1.82, 2.24) is 25.9 Å². The molecule has 11 N–H and O–H groups in total. The van der Waals surface area contributed by atoms with Gasteiger partial charge in [-0.1, -0.05) is 18.6 Å². The highest BCUT2D eigenvalue weighted by molar-refractivity contribution is 5.95. The first-order valence-electron chi connectivity index (χ1n) is 12.6. The van der Waals surface area contributed by atoms with Crippen LogP contribution in [0.2, 0.25) is 0 Å². The van der Waals surface area contributed by atoms with Gasteiger partial charge in [0, 0.05) is 24.7 Å². The number of hydrogen-bond acceptors (Lipinski definition) is 9. The smallest absolute Gasteiger partial charge is 0.326 e. The first-order chi connectivity index (χ1) is 19.0. The van der Waals surface area contributed by atoms with Gasteiger partial charge < -0.3 is 47.7 Å². The standard InChI is InChI=1S/C25H35N7O8/c26-8-2-1-3-17(27)22(36)30-19(11-21(34)35)24(38)31-18(9-14-4-6-16(33)7-5-14)23(37)32-20(25(39)40)10-15-12-28-13-29-15/h4-7,12-13,17-20,33H,1-3,8-11,26-27H2,(H,28,29)(H,30,36)(H,31,38)(H,32,37)(H,34,35)(H,39,40). The lowest BCUT2D eigenvalue weighted by Crippen LogP contribution is -2.58. The fourth-order valence-electron chi connectivity index (χ4n) is 3.74. The first kappa shape index (κ1) is 31.7. The van der Waals surface area contributed by atoms with Gasteiger partial charge in [0.05, 0.1) is 18.8 Å². The molecule has 0 aliphatic heterocycles. The molecule has 218 valence electrons. The number of carbonyl (C=O) groups is 5. The van der Waals surface area contributed by atoms with Crippen molar-refractivity contribution in [3.8, 4) is 5.75 Å². The van der Waals surface area contributed by atoms with Crippen molar-refractivity contribution in [2.24, 2.45) is 11.5 Å². The van der Waals surface area contributed by atoms with Gasteiger partial charge >= 0.3 is 11.9 Å². The molecule has 0 saturated carbocycles. The maximum atomic E-state index is 13.2. The highest BCUT2D eigenvalue weighted by atomic mass is 16.4. The van der Waals surface area contributed by atoms with Gasteiger partial charge in [0.25, 0.3) is 0 Å². The van der Waals surface area contributed by atoms with E-state index in [1.807, 2.05) is 0 Å². The van der Waals surface area contributed by atoms with E-state index >= 15 is 0 Å². The molecule has 2 rings (SSSR count). The van der Waals surface area contributed by atoms with Gasteiger partial charge in [-0.3, -0.25) is 19.2 Å². The summed E-state index contributed by atoms with van der Waals surface area (Å²) in [6.07, 6.45) is 3.15. The van der Waals surface area contributed by atoms with Crippen molar-refractivity contribution in [3.05, 3.63) is 48.0 Å². The van der Waals surface area contributed by atoms with Crippen LogP contribution in [-0.2, 0) is 36.8 Å². The summed E-state index contributed by atoms with van der Waals surface area (Å²) in [5.41, 5.74) is 12.2. The van der Waals surface area contributed by atoms with Gasteiger partial charge in [-0.05, 0) is 37.1 Å². The van der Waals surface area contributed by atoms with Crippen LogP contribution in [0.5, 0.6) is 5.75 Å². The lowest BCUT2D eigenvalue weighted by molar-refractivity contribution is -0.143. The van der Waals surface area contributed by atoms with E-state index in [9.17, 15) is 39.3 Å². The molecule has 0 spiro atoms. The summed E-state index contributed by atoms with van der Waals surface area (Å²) in [4.78, 5) is 68.7. The lowest BCUT2D eigenvalue weighted by atomic mass is 10.0. The third-order valence-electron chi connectivity index (χ3n) is 5.92. The van der Waals surface area contributed by atoms with Gasteiger partial charge in [-0.15, -0.1) is 0 Å². The van der Waals surface area contributed by atoms with Crippen molar-refractivity contribution in [2.75, 3.05) is 6.54 Å². The summed E-state index contributed by atoms with van der Waals surface area (Å²) in [5, 5.41) is 35.6. The number of phenols is 1. The monoisotopic (exact) mass is 561 g/mol. The van der Waals surface area contributed by atoms with Crippen LogP contribution in [0.25, 0.3) is 0 Å². The number of benzene rings is 1. The highest BCUT2D eigenvalue weighted by Gasteiger charge is 2.31. The summed E-state index contributed by atoms with van der Waals surface area (Å²) in [5.74, 6) is -5.36. The van der Waals surface area contributed by atoms with Crippen molar-refractivity contribution >= 4 is 29.7 Å². The molecule has 15 heteroatoms. The number of carbonyl (C=O) groups excluding carboxylic acids is 3. The quantitative estimate of drug-likeness (QED) is 0.0990. The molecule has 40 heavy (non-hydrogen) atoms. The number of H-pyrrole nitrogens is 1. The Morgan fingerprint density at radius 2 is 1.50 bits per heavy atom. The summed E-state index contributed by atoms with van der Waals surface area (Å²) in [7, 11) is 0. The predicted molar refractivity (Wildman–Crippen MR) is 141 cm³/mol. The molecule has 15 nitrogen and oxygen atoms in total. The van der Waals surface area contributed by atoms with Crippen LogP contribution in [-0.4, -0.2) is 85.7 Å². The van der Waals surface area contributed by atoms with Crippen molar-refractivity contribution in [3.63, 3.8) is 0 Å². The number of aromatic amines is 1. The number of imidazole rings is 1. The van der Waals surface area contributed by atoms with Gasteiger partial charge in [0.1, 0.15) is 23.9 Å². The molecule has 2 aromatic rings. The Balaban J connectivity index is 2.22. The minimum atomic E-state index is -1.57. The van der Waals surface area contributed by atoms with E-state index in [2.05, 4.69) is 25.9 Å². The van der Waals surface area contributed by atoms with E-state index < -0.39 is 60.2 Å². The maximum absolute atomic E-state index is 13.2. The molecule has 1 aromatic carbocycles. The Morgan fingerprint density at radius 1 is 0.875 bits per heavy atom. The number of hydrogen-bond donors (Lipinski definition) is 9. The lowest BCUT2D eigenvalue weighted by Gasteiger charge is -2.25. The van der Waals surface area contributed by atoms with Gasteiger partial charge in [0.2, 0.25) is 17.7 Å². The van der Waals surface area contributed by atoms with E-state index in [1.54, 1.807) is 0 Å². The van der Waals surface area contributed by atoms with Crippen molar-refractivity contribution < 1.29 is 39.3 Å². The SMILES string of the molecule is NCCCCC(N)C(=O)NC(CC(=O)O)C(=O)NC(Cc1ccc(O)cc1)C(=O)NC(Cc1cnc[nH]1)C(=O)O. The third kappa shape index (κ3) is 10.7. The summed E-state index contributed by atoms with van der Waals surface area (Å²) >= 11 is 0. The van der Waals surface area contributed by atoms with E-state index in [4.69, 9.17) is 11.5 Å². The number of nitrogens with one attached hydrogen (secondary N) is 4. The second-order valence-electron chi connectivity index (χ2n) is 9.16. The van der Waals surface area contributed by atoms with Gasteiger partial charge in [-0.25, -0.2) is 9.78 Å². The van der Waals surface area contributed by atoms with Crippen LogP contribution in [0.15, 0.2) is 36.8 Å². The molecule has 0 aliphatic carbocycles. The molecule has 1 aromatic heterocycles. The second kappa shape index (κ2) is 15.8. The number of carboxylic acid groups (broad SMARTS) is 2. The summed E-state index contributed by atoms with van der Waals surface area (Å²) in [6.45, 7) is 0.410. The normalized spacial score (nSPS) is 13.8. The Hall–Kier alpha value is -4.50. The molecule has 0 saturated heterocycles. The number of amides is 3. The van der Waals surface area contributed by atoms with E-state index in [0.29, 0.717) is 30.6 Å². The third-order valence-corrected chi connectivity index (χ3v) is 5.92. The fourth-order valence-corrected chi connectivity index (χ4v) is 3.74. The van der Waals surface area contributed by atoms with Crippen molar-refractivity contribution in [2.45, 2.75) is 62.7 Å². The van der Waals surface area contributed by atoms with Crippen LogP contribution >= 0.6 is 0 Å². The zero-order valence-corrected chi connectivity index (χ0v) is 21.7. The zero-order chi connectivity index (χ0) is 29.7. The number of nitrogens with two attached hydrogens (primary N) is 2. The molecule has 4 atom stereocenters. The van der Waals surface area contributed by atoms with E-state index in [0.717, 1.165) is 0 Å². The largest absolute Gasteiger partial charge is 0.508 e. The molecule has 0 fully saturated rings. The minimum absolute atomic E-state index is 0.0358. The van der Waals surface area contributed by atoms with E-state index in [1.165, 1.54) is 36.8 Å². The fraction of sp³-hybridized carbons (Fsp3) is 0.440. The molecule has 0 aliphatic rings. The topological polar surface area (TPSA) is 263 Å². The number of aromatic nitrogens is 2. The van der Waals surface area contributed by atoms with Crippen LogP contribution < -0.4 is 27.4 Å². The average Bonchev–Trinajstić information content (AvgIpc) is 3.41. The number of rotatable bonds is 17. The number of unbranched alkanes of at least 4 members (excludes halogenated alkanes) is 1. The highest BCUT2D eigenvalue weighted by Crippen LogP contribution is 2.12.